The first-order chi connectivity index (χ1) is 15.2. The van der Waals surface area contributed by atoms with Crippen molar-refractivity contribution in [3.8, 4) is 5.75 Å². The number of carboxylic acids is 1. The zero-order valence-electron chi connectivity index (χ0n) is 18.1. The summed E-state index contributed by atoms with van der Waals surface area (Å²) in [5.74, 6) is -0.884. The van der Waals surface area contributed by atoms with Crippen LogP contribution in [-0.4, -0.2) is 40.8 Å². The van der Waals surface area contributed by atoms with E-state index >= 15 is 0 Å². The van der Waals surface area contributed by atoms with Crippen molar-refractivity contribution in [2.45, 2.75) is 50.9 Å². The number of aryl methyl sites for hydroxylation is 1. The van der Waals surface area contributed by atoms with Crippen molar-refractivity contribution >= 4 is 23.5 Å². The van der Waals surface area contributed by atoms with E-state index in [9.17, 15) is 9.59 Å². The number of carbonyl (C=O) groups is 2. The Morgan fingerprint density at radius 3 is 2.66 bits per heavy atom. The first-order valence-electron chi connectivity index (χ1n) is 10.5. The summed E-state index contributed by atoms with van der Waals surface area (Å²) in [7, 11) is 0. The number of nitrogens with one attached hydrogen (secondary N) is 1. The third-order valence-electron chi connectivity index (χ3n) is 5.46. The monoisotopic (exact) mass is 461 g/mol. The van der Waals surface area contributed by atoms with Crippen LogP contribution in [0.15, 0.2) is 42.5 Å². The number of hydrogen-bond acceptors (Lipinski definition) is 5. The summed E-state index contributed by atoms with van der Waals surface area (Å²) in [6.45, 7) is 3.18. The number of rotatable bonds is 8. The third-order valence-corrected chi connectivity index (χ3v) is 5.70. The average Bonchev–Trinajstić information content (AvgIpc) is 2.72. The Kier molecular flexibility index (Phi) is 7.77. The summed E-state index contributed by atoms with van der Waals surface area (Å²) in [5.41, 5.74) is 1.95. The predicted molar refractivity (Wildman–Crippen MR) is 120 cm³/mol. The maximum atomic E-state index is 12.3. The molecule has 2 aromatic carbocycles. The number of aliphatic hydroxyl groups is 1. The summed E-state index contributed by atoms with van der Waals surface area (Å²) in [6, 6.07) is 12.9. The van der Waals surface area contributed by atoms with Crippen LogP contribution in [0.1, 0.15) is 55.1 Å². The molecule has 1 amide bonds. The number of amides is 1. The van der Waals surface area contributed by atoms with Crippen LogP contribution in [0.3, 0.4) is 0 Å². The van der Waals surface area contributed by atoms with Crippen LogP contribution in [0, 0.1) is 6.92 Å². The number of carbonyl (C=O) groups excluding carboxylic acids is 1. The highest BCUT2D eigenvalue weighted by Crippen LogP contribution is 2.46. The maximum Gasteiger partial charge on any atom is 0.341 e. The van der Waals surface area contributed by atoms with Crippen LogP contribution in [0.2, 0.25) is 5.02 Å². The van der Waals surface area contributed by atoms with Gasteiger partial charge >= 0.3 is 5.97 Å². The molecular weight excluding hydrogens is 434 g/mol. The summed E-state index contributed by atoms with van der Waals surface area (Å²) in [6.07, 6.45) is 0.155. The SMILES string of the molecule is Cc1ccc(OCC(=O)O)c([C@H]2C[C@](C)(NC(=O)CCO)C[C@@H](c3cccc(Cl)c3)O2)c1. The molecule has 2 aromatic rings. The maximum absolute atomic E-state index is 12.3. The first kappa shape index (κ1) is 24.0. The van der Waals surface area contributed by atoms with Gasteiger partial charge in [0.25, 0.3) is 0 Å². The van der Waals surface area contributed by atoms with Gasteiger partial charge < -0.3 is 25.0 Å². The van der Waals surface area contributed by atoms with Gasteiger partial charge in [-0.25, -0.2) is 4.79 Å². The average molecular weight is 462 g/mol. The Labute approximate surface area is 192 Å². The lowest BCUT2D eigenvalue weighted by Crippen LogP contribution is -2.51. The summed E-state index contributed by atoms with van der Waals surface area (Å²) < 4.78 is 12.0. The van der Waals surface area contributed by atoms with Gasteiger partial charge in [0.1, 0.15) is 5.75 Å². The fourth-order valence-electron chi connectivity index (χ4n) is 4.08. The molecule has 0 aliphatic carbocycles. The highest BCUT2D eigenvalue weighted by molar-refractivity contribution is 6.30. The van der Waals surface area contributed by atoms with Crippen LogP contribution < -0.4 is 10.1 Å². The number of hydrogen-bond donors (Lipinski definition) is 3. The molecule has 3 atom stereocenters. The normalized spacial score (nSPS) is 22.9. The summed E-state index contributed by atoms with van der Waals surface area (Å²) in [4.78, 5) is 23.4. The van der Waals surface area contributed by atoms with E-state index in [0.717, 1.165) is 16.7 Å². The molecule has 1 heterocycles. The topological polar surface area (TPSA) is 105 Å². The largest absolute Gasteiger partial charge is 0.482 e. The van der Waals surface area contributed by atoms with E-state index in [0.29, 0.717) is 23.6 Å². The highest BCUT2D eigenvalue weighted by Gasteiger charge is 2.41. The molecule has 1 saturated heterocycles. The van der Waals surface area contributed by atoms with Crippen molar-refractivity contribution in [3.63, 3.8) is 0 Å². The number of ether oxygens (including phenoxy) is 2. The molecule has 0 bridgehead atoms. The Balaban J connectivity index is 1.98. The molecule has 3 N–H and O–H groups in total. The van der Waals surface area contributed by atoms with Crippen molar-refractivity contribution < 1.29 is 29.3 Å². The van der Waals surface area contributed by atoms with Crippen molar-refractivity contribution in [1.29, 1.82) is 0 Å². The molecule has 0 radical (unpaired) electrons. The van der Waals surface area contributed by atoms with Gasteiger partial charge in [0, 0.05) is 35.4 Å². The molecule has 7 nitrogen and oxygen atoms in total. The molecule has 3 rings (SSSR count). The van der Waals surface area contributed by atoms with Crippen molar-refractivity contribution in [1.82, 2.24) is 5.32 Å². The second kappa shape index (κ2) is 10.3. The molecule has 1 aliphatic rings. The second-order valence-electron chi connectivity index (χ2n) is 8.38. The van der Waals surface area contributed by atoms with E-state index in [4.69, 9.17) is 31.3 Å². The van der Waals surface area contributed by atoms with Gasteiger partial charge in [-0.15, -0.1) is 0 Å². The van der Waals surface area contributed by atoms with Gasteiger partial charge in [-0.2, -0.15) is 0 Å². The third kappa shape index (κ3) is 6.22. The van der Waals surface area contributed by atoms with E-state index in [1.807, 2.05) is 44.2 Å². The fourth-order valence-corrected chi connectivity index (χ4v) is 4.27. The van der Waals surface area contributed by atoms with Gasteiger partial charge in [0.2, 0.25) is 5.91 Å². The van der Waals surface area contributed by atoms with E-state index in [1.165, 1.54) is 0 Å². The van der Waals surface area contributed by atoms with E-state index in [1.54, 1.807) is 12.1 Å². The van der Waals surface area contributed by atoms with Crippen LogP contribution in [0.5, 0.6) is 5.75 Å². The van der Waals surface area contributed by atoms with Crippen molar-refractivity contribution in [2.75, 3.05) is 13.2 Å². The molecule has 1 fully saturated rings. The van der Waals surface area contributed by atoms with E-state index < -0.39 is 24.2 Å². The predicted octanol–water partition coefficient (Wildman–Crippen LogP) is 3.96. The molecular formula is C24H28ClNO6. The van der Waals surface area contributed by atoms with Gasteiger partial charge in [-0.3, -0.25) is 4.79 Å². The van der Waals surface area contributed by atoms with Gasteiger partial charge in [0.15, 0.2) is 6.61 Å². The van der Waals surface area contributed by atoms with Crippen molar-refractivity contribution in [3.05, 3.63) is 64.2 Å². The summed E-state index contributed by atoms with van der Waals surface area (Å²) in [5, 5.41) is 21.8. The highest BCUT2D eigenvalue weighted by atomic mass is 35.5. The smallest absolute Gasteiger partial charge is 0.341 e. The molecule has 0 saturated carbocycles. The minimum atomic E-state index is -1.07. The van der Waals surface area contributed by atoms with Crippen molar-refractivity contribution in [2.24, 2.45) is 0 Å². The minimum Gasteiger partial charge on any atom is -0.482 e. The lowest BCUT2D eigenvalue weighted by atomic mass is 9.81. The molecule has 0 unspecified atom stereocenters. The second-order valence-corrected chi connectivity index (χ2v) is 8.82. The Hall–Kier alpha value is -2.61. The molecule has 1 aliphatic heterocycles. The van der Waals surface area contributed by atoms with Crippen LogP contribution in [0.25, 0.3) is 0 Å². The number of aliphatic hydroxyl groups excluding tert-OH is 1. The van der Waals surface area contributed by atoms with Crippen LogP contribution in [0.4, 0.5) is 0 Å². The molecule has 172 valence electrons. The number of aliphatic carboxylic acids is 1. The zero-order valence-corrected chi connectivity index (χ0v) is 18.9. The lowest BCUT2D eigenvalue weighted by molar-refractivity contribution is -0.139. The van der Waals surface area contributed by atoms with Gasteiger partial charge in [-0.05, 0) is 43.7 Å². The molecule has 32 heavy (non-hydrogen) atoms. The lowest BCUT2D eigenvalue weighted by Gasteiger charge is -2.43. The Morgan fingerprint density at radius 2 is 1.97 bits per heavy atom. The zero-order chi connectivity index (χ0) is 23.3. The van der Waals surface area contributed by atoms with Gasteiger partial charge in [-0.1, -0.05) is 35.4 Å². The fraction of sp³-hybridized carbons (Fsp3) is 0.417. The first-order valence-corrected chi connectivity index (χ1v) is 10.8. The number of halogens is 1. The summed E-state index contributed by atoms with van der Waals surface area (Å²) >= 11 is 6.20. The molecule has 8 heteroatoms. The van der Waals surface area contributed by atoms with Crippen LogP contribution in [-0.2, 0) is 14.3 Å². The standard InChI is InChI=1S/C24H28ClNO6/c1-15-6-7-19(31-14-23(29)30)18(10-15)21-13-24(2,26-22(28)8-9-27)12-20(32-21)16-4-3-5-17(25)11-16/h3-7,10-11,20-21,27H,8-9,12-14H2,1-2H3,(H,26,28)(H,29,30)/t20-,21+,24+/m0/s1. The van der Waals surface area contributed by atoms with E-state index in [-0.39, 0.29) is 25.0 Å². The molecule has 0 aromatic heterocycles. The Bertz CT molecular complexity index is 981. The van der Waals surface area contributed by atoms with Crippen LogP contribution >= 0.6 is 11.6 Å². The minimum absolute atomic E-state index is 0.0142. The number of carboxylic acid groups (broad SMARTS) is 1. The van der Waals surface area contributed by atoms with Gasteiger partial charge in [0.05, 0.1) is 18.8 Å². The number of benzene rings is 2. The molecule has 0 spiro atoms. The van der Waals surface area contributed by atoms with E-state index in [2.05, 4.69) is 5.32 Å². The Morgan fingerprint density at radius 1 is 1.22 bits per heavy atom. The quantitative estimate of drug-likeness (QED) is 0.549.